The summed E-state index contributed by atoms with van der Waals surface area (Å²) < 4.78 is 16.4. The predicted octanol–water partition coefficient (Wildman–Crippen LogP) is 6.29. The van der Waals surface area contributed by atoms with Crippen LogP contribution in [0.2, 0.25) is 0 Å². The largest absolute Gasteiger partial charge is 0.493 e. The summed E-state index contributed by atoms with van der Waals surface area (Å²) in [5.41, 5.74) is 5.97. The average Bonchev–Trinajstić information content (AvgIpc) is 3.46. The summed E-state index contributed by atoms with van der Waals surface area (Å²) in [5.74, 6) is 1.53. The maximum Gasteiger partial charge on any atom is 0.203 e. The van der Waals surface area contributed by atoms with Crippen LogP contribution in [-0.4, -0.2) is 31.3 Å². The Labute approximate surface area is 230 Å². The highest BCUT2D eigenvalue weighted by molar-refractivity contribution is 7.10. The zero-order valence-electron chi connectivity index (χ0n) is 21.8. The van der Waals surface area contributed by atoms with E-state index in [-0.39, 0.29) is 0 Å². The molecule has 39 heavy (non-hydrogen) atoms. The zero-order chi connectivity index (χ0) is 27.2. The molecule has 0 saturated heterocycles. The first kappa shape index (κ1) is 26.0. The lowest BCUT2D eigenvalue weighted by Gasteiger charge is -2.16. The normalized spacial score (nSPS) is 10.7. The first-order valence-corrected chi connectivity index (χ1v) is 13.1. The van der Waals surface area contributed by atoms with Gasteiger partial charge in [-0.3, -0.25) is 9.97 Å². The molecule has 0 radical (unpaired) electrons. The van der Waals surface area contributed by atoms with Crippen molar-refractivity contribution in [2.24, 2.45) is 0 Å². The van der Waals surface area contributed by atoms with Gasteiger partial charge in [-0.1, -0.05) is 12.1 Å². The van der Waals surface area contributed by atoms with Crippen molar-refractivity contribution in [1.29, 1.82) is 5.26 Å². The number of benzene rings is 2. The van der Waals surface area contributed by atoms with Crippen molar-refractivity contribution in [3.05, 3.63) is 88.5 Å². The molecule has 3 aromatic heterocycles. The lowest BCUT2D eigenvalue weighted by Crippen LogP contribution is -2.11. The number of nitrogens with zero attached hydrogens (tertiary/aromatic N) is 3. The second-order valence-electron chi connectivity index (χ2n) is 8.69. The van der Waals surface area contributed by atoms with Crippen LogP contribution in [-0.2, 0) is 13.1 Å². The molecule has 5 rings (SSSR count). The number of aromatic nitrogens is 2. The monoisotopic (exact) mass is 537 g/mol. The fourth-order valence-corrected chi connectivity index (χ4v) is 5.21. The molecule has 0 amide bonds. The van der Waals surface area contributed by atoms with E-state index in [2.05, 4.69) is 44.2 Å². The Kier molecular flexibility index (Phi) is 7.87. The lowest BCUT2D eigenvalue weighted by molar-refractivity contribution is 0.324. The first-order chi connectivity index (χ1) is 19.1. The third-order valence-corrected chi connectivity index (χ3v) is 7.23. The number of methoxy groups -OCH3 is 3. The standard InChI is InChI=1S/C30H27N5O3S/c1-36-27-12-23(13-28(37-2)30(27)38-3)35-29-22(14-31)16-34-26-11-20(4-5-25(26)29)21-10-24(39-18-21)17-33-15-19-6-8-32-9-7-19/h4-13,16,18,33H,15,17H2,1-3H3,(H,34,35). The van der Waals surface area contributed by atoms with Crippen LogP contribution < -0.4 is 24.8 Å². The third kappa shape index (κ3) is 5.62. The van der Waals surface area contributed by atoms with Gasteiger partial charge in [0.1, 0.15) is 6.07 Å². The Balaban J connectivity index is 1.41. The van der Waals surface area contributed by atoms with Crippen LogP contribution in [0.4, 0.5) is 11.4 Å². The predicted molar refractivity (Wildman–Crippen MR) is 154 cm³/mol. The number of hydrogen-bond donors (Lipinski definition) is 2. The van der Waals surface area contributed by atoms with Crippen LogP contribution in [0.25, 0.3) is 22.0 Å². The van der Waals surface area contributed by atoms with Gasteiger partial charge in [0.05, 0.1) is 38.1 Å². The second-order valence-corrected chi connectivity index (χ2v) is 9.69. The Morgan fingerprint density at radius 1 is 0.897 bits per heavy atom. The van der Waals surface area contributed by atoms with Gasteiger partial charge in [-0.2, -0.15) is 5.26 Å². The molecule has 9 heteroatoms. The smallest absolute Gasteiger partial charge is 0.203 e. The van der Waals surface area contributed by atoms with Gasteiger partial charge in [-0.25, -0.2) is 0 Å². The van der Waals surface area contributed by atoms with Gasteiger partial charge in [0.2, 0.25) is 5.75 Å². The SMILES string of the molecule is COc1cc(Nc2c(C#N)cnc3cc(-c4csc(CNCc5ccncc5)c4)ccc23)cc(OC)c1OC. The van der Waals surface area contributed by atoms with E-state index in [1.807, 2.05) is 24.3 Å². The highest BCUT2D eigenvalue weighted by atomic mass is 32.1. The van der Waals surface area contributed by atoms with Crippen LogP contribution in [0.15, 0.2) is 72.5 Å². The van der Waals surface area contributed by atoms with E-state index in [0.717, 1.165) is 35.1 Å². The molecule has 196 valence electrons. The molecule has 0 spiro atoms. The van der Waals surface area contributed by atoms with Crippen molar-refractivity contribution in [1.82, 2.24) is 15.3 Å². The Hall–Kier alpha value is -4.65. The quantitative estimate of drug-likeness (QED) is 0.214. The molecule has 5 aromatic rings. The molecule has 2 N–H and O–H groups in total. The molecule has 8 nitrogen and oxygen atoms in total. The Morgan fingerprint density at radius 2 is 1.67 bits per heavy atom. The van der Waals surface area contributed by atoms with Crippen LogP contribution in [0.5, 0.6) is 17.2 Å². The highest BCUT2D eigenvalue weighted by Crippen LogP contribution is 2.41. The number of nitriles is 1. The lowest BCUT2D eigenvalue weighted by atomic mass is 10.0. The summed E-state index contributed by atoms with van der Waals surface area (Å²) in [6.07, 6.45) is 5.20. The summed E-state index contributed by atoms with van der Waals surface area (Å²) in [4.78, 5) is 9.89. The molecule has 0 fully saturated rings. The number of ether oxygens (including phenoxy) is 3. The van der Waals surface area contributed by atoms with Crippen molar-refractivity contribution in [2.75, 3.05) is 26.6 Å². The summed E-state index contributed by atoms with van der Waals surface area (Å²) in [6, 6.07) is 18.2. The molecule has 0 aliphatic heterocycles. The maximum absolute atomic E-state index is 9.81. The summed E-state index contributed by atoms with van der Waals surface area (Å²) >= 11 is 1.72. The average molecular weight is 538 g/mol. The summed E-state index contributed by atoms with van der Waals surface area (Å²) in [7, 11) is 4.70. The minimum Gasteiger partial charge on any atom is -0.493 e. The molecule has 0 saturated carbocycles. The Morgan fingerprint density at radius 3 is 2.36 bits per heavy atom. The molecule has 0 atom stereocenters. The van der Waals surface area contributed by atoms with E-state index in [1.54, 1.807) is 63.4 Å². The second kappa shape index (κ2) is 11.8. The molecule has 3 heterocycles. The van der Waals surface area contributed by atoms with Crippen molar-refractivity contribution in [3.8, 4) is 34.4 Å². The number of pyridine rings is 2. The fourth-order valence-electron chi connectivity index (χ4n) is 4.35. The number of thiophene rings is 1. The minimum absolute atomic E-state index is 0.432. The summed E-state index contributed by atoms with van der Waals surface area (Å²) in [6.45, 7) is 1.58. The molecule has 0 aliphatic carbocycles. The van der Waals surface area contributed by atoms with Crippen LogP contribution in [0.1, 0.15) is 16.0 Å². The molecule has 0 unspecified atom stereocenters. The van der Waals surface area contributed by atoms with E-state index in [0.29, 0.717) is 34.2 Å². The number of nitrogens with one attached hydrogen (secondary N) is 2. The molecule has 2 aromatic carbocycles. The number of fused-ring (bicyclic) bond motifs is 1. The van der Waals surface area contributed by atoms with Crippen molar-refractivity contribution < 1.29 is 14.2 Å². The van der Waals surface area contributed by atoms with Gasteiger partial charge in [0, 0.05) is 59.8 Å². The minimum atomic E-state index is 0.432. The van der Waals surface area contributed by atoms with E-state index >= 15 is 0 Å². The fraction of sp³-hybridized carbons (Fsp3) is 0.167. The van der Waals surface area contributed by atoms with E-state index < -0.39 is 0 Å². The number of rotatable bonds is 10. The van der Waals surface area contributed by atoms with Gasteiger partial charge in [0.25, 0.3) is 0 Å². The number of anilines is 2. The van der Waals surface area contributed by atoms with Crippen LogP contribution >= 0.6 is 11.3 Å². The topological polar surface area (TPSA) is 101 Å². The van der Waals surface area contributed by atoms with E-state index in [1.165, 1.54) is 10.4 Å². The highest BCUT2D eigenvalue weighted by Gasteiger charge is 2.16. The maximum atomic E-state index is 9.81. The van der Waals surface area contributed by atoms with Gasteiger partial charge < -0.3 is 24.8 Å². The first-order valence-electron chi connectivity index (χ1n) is 12.2. The summed E-state index contributed by atoms with van der Waals surface area (Å²) in [5, 5.41) is 19.7. The van der Waals surface area contributed by atoms with Gasteiger partial charge in [-0.15, -0.1) is 11.3 Å². The molecular weight excluding hydrogens is 510 g/mol. The van der Waals surface area contributed by atoms with Crippen molar-refractivity contribution in [3.63, 3.8) is 0 Å². The molecule has 0 bridgehead atoms. The third-order valence-electron chi connectivity index (χ3n) is 6.29. The zero-order valence-corrected chi connectivity index (χ0v) is 22.6. The van der Waals surface area contributed by atoms with Crippen molar-refractivity contribution >= 4 is 33.6 Å². The van der Waals surface area contributed by atoms with Gasteiger partial charge in [-0.05, 0) is 46.3 Å². The molecule has 0 aliphatic rings. The van der Waals surface area contributed by atoms with Crippen LogP contribution in [0.3, 0.4) is 0 Å². The molecular formula is C30H27N5O3S. The van der Waals surface area contributed by atoms with E-state index in [4.69, 9.17) is 14.2 Å². The van der Waals surface area contributed by atoms with Gasteiger partial charge in [0.15, 0.2) is 11.5 Å². The number of hydrogen-bond acceptors (Lipinski definition) is 9. The van der Waals surface area contributed by atoms with Crippen LogP contribution in [0, 0.1) is 11.3 Å². The van der Waals surface area contributed by atoms with Crippen molar-refractivity contribution in [2.45, 2.75) is 13.1 Å². The Bertz CT molecular complexity index is 1620. The van der Waals surface area contributed by atoms with Gasteiger partial charge >= 0.3 is 0 Å². The van der Waals surface area contributed by atoms with E-state index in [9.17, 15) is 5.26 Å².